The number of rotatable bonds is 7. The van der Waals surface area contributed by atoms with Crippen molar-refractivity contribution < 1.29 is 33.3 Å². The molecule has 2 heterocycles. The van der Waals surface area contributed by atoms with Crippen molar-refractivity contribution in [1.29, 1.82) is 0 Å². The summed E-state index contributed by atoms with van der Waals surface area (Å²) in [6.07, 6.45) is 1.67. The van der Waals surface area contributed by atoms with Gasteiger partial charge in [-0.15, -0.1) is 0 Å². The van der Waals surface area contributed by atoms with Gasteiger partial charge >= 0.3 is 17.9 Å². The molecule has 1 aliphatic rings. The minimum absolute atomic E-state index is 0.139. The van der Waals surface area contributed by atoms with Crippen LogP contribution in [0.2, 0.25) is 0 Å². The summed E-state index contributed by atoms with van der Waals surface area (Å²) in [7, 11) is 1.43. The first-order valence-corrected chi connectivity index (χ1v) is 12.8. The van der Waals surface area contributed by atoms with E-state index in [9.17, 15) is 19.2 Å². The number of benzene rings is 2. The Morgan fingerprint density at radius 1 is 1.05 bits per heavy atom. The van der Waals surface area contributed by atoms with Crippen molar-refractivity contribution in [2.75, 3.05) is 13.7 Å². The number of carbonyl (C=O) groups excluding carboxylic acids is 3. The molecular weight excluding hydrogens is 524 g/mol. The second-order valence-electron chi connectivity index (χ2n) is 8.47. The number of fused-ring (bicyclic) bond motifs is 1. The van der Waals surface area contributed by atoms with Crippen LogP contribution in [0.15, 0.2) is 63.5 Å². The summed E-state index contributed by atoms with van der Waals surface area (Å²) in [5, 5.41) is 0. The zero-order valence-electron chi connectivity index (χ0n) is 22.0. The number of carbonyl (C=O) groups is 3. The lowest BCUT2D eigenvalue weighted by atomic mass is 9.95. The molecule has 1 aromatic heterocycles. The van der Waals surface area contributed by atoms with E-state index in [1.165, 1.54) is 25.5 Å². The number of hydrogen-bond donors (Lipinski definition) is 0. The monoisotopic (exact) mass is 550 g/mol. The highest BCUT2D eigenvalue weighted by Crippen LogP contribution is 2.36. The van der Waals surface area contributed by atoms with Crippen molar-refractivity contribution in [2.45, 2.75) is 33.7 Å². The van der Waals surface area contributed by atoms with Crippen molar-refractivity contribution in [3.8, 4) is 17.2 Å². The summed E-state index contributed by atoms with van der Waals surface area (Å²) in [4.78, 5) is 54.7. The number of allylic oxidation sites excluding steroid dienone is 1. The summed E-state index contributed by atoms with van der Waals surface area (Å²) in [5.74, 6) is -0.770. The molecule has 0 radical (unpaired) electrons. The minimum atomic E-state index is -0.880. The van der Waals surface area contributed by atoms with Gasteiger partial charge in [-0.3, -0.25) is 19.0 Å². The van der Waals surface area contributed by atoms with Crippen molar-refractivity contribution in [3.05, 3.63) is 84.5 Å². The van der Waals surface area contributed by atoms with E-state index in [1.54, 1.807) is 62.4 Å². The van der Waals surface area contributed by atoms with Gasteiger partial charge in [0.1, 0.15) is 5.75 Å². The molecule has 1 aliphatic heterocycles. The smallest absolute Gasteiger partial charge is 0.338 e. The molecule has 0 fully saturated rings. The Kier molecular flexibility index (Phi) is 8.10. The summed E-state index contributed by atoms with van der Waals surface area (Å²) in [6, 6.07) is 10.7. The van der Waals surface area contributed by atoms with Crippen LogP contribution in [0.5, 0.6) is 17.2 Å². The number of nitrogens with zero attached hydrogens (tertiary/aromatic N) is 2. The maximum atomic E-state index is 13.8. The average molecular weight is 551 g/mol. The van der Waals surface area contributed by atoms with Crippen molar-refractivity contribution in [1.82, 2.24) is 4.57 Å². The van der Waals surface area contributed by atoms with E-state index >= 15 is 0 Å². The molecule has 4 rings (SSSR count). The Hall–Kier alpha value is -4.51. The fraction of sp³-hybridized carbons (Fsp3) is 0.250. The molecule has 2 aromatic carbocycles. The third kappa shape index (κ3) is 5.83. The van der Waals surface area contributed by atoms with E-state index in [-0.39, 0.29) is 29.2 Å². The molecule has 0 bridgehead atoms. The van der Waals surface area contributed by atoms with Gasteiger partial charge in [0.05, 0.1) is 35.6 Å². The van der Waals surface area contributed by atoms with E-state index in [2.05, 4.69) is 4.99 Å². The Morgan fingerprint density at radius 2 is 1.79 bits per heavy atom. The maximum Gasteiger partial charge on any atom is 0.338 e. The molecule has 0 saturated heterocycles. The zero-order valence-corrected chi connectivity index (χ0v) is 22.8. The highest BCUT2D eigenvalue weighted by molar-refractivity contribution is 7.07. The summed E-state index contributed by atoms with van der Waals surface area (Å²) in [5.41, 5.74) is 1.41. The van der Waals surface area contributed by atoms with Gasteiger partial charge in [0.15, 0.2) is 16.3 Å². The number of methoxy groups -OCH3 is 1. The predicted octanol–water partition coefficient (Wildman–Crippen LogP) is 2.66. The number of esters is 3. The lowest BCUT2D eigenvalue weighted by Crippen LogP contribution is -2.40. The second-order valence-corrected chi connectivity index (χ2v) is 9.48. The van der Waals surface area contributed by atoms with Gasteiger partial charge in [-0.2, -0.15) is 0 Å². The largest absolute Gasteiger partial charge is 0.493 e. The maximum absolute atomic E-state index is 13.8. The second kappa shape index (κ2) is 11.5. The van der Waals surface area contributed by atoms with Crippen molar-refractivity contribution in [3.63, 3.8) is 0 Å². The third-order valence-corrected chi connectivity index (χ3v) is 6.67. The number of aromatic nitrogens is 1. The first kappa shape index (κ1) is 27.5. The SMILES string of the molecule is CCOC(=O)C1=C(C)N=c2s/c(=C\c3cccc(OC(C)=O)c3)c(=O)n2C1c1ccc(OC(C)=O)c(OC)c1. The summed E-state index contributed by atoms with van der Waals surface area (Å²) < 4.78 is 22.9. The fourth-order valence-electron chi connectivity index (χ4n) is 4.19. The predicted molar refractivity (Wildman–Crippen MR) is 142 cm³/mol. The third-order valence-electron chi connectivity index (χ3n) is 5.69. The lowest BCUT2D eigenvalue weighted by molar-refractivity contribution is -0.139. The van der Waals surface area contributed by atoms with Crippen LogP contribution in [-0.4, -0.2) is 36.2 Å². The van der Waals surface area contributed by atoms with Crippen molar-refractivity contribution >= 4 is 35.3 Å². The highest BCUT2D eigenvalue weighted by Gasteiger charge is 2.34. The van der Waals surface area contributed by atoms with E-state index in [4.69, 9.17) is 18.9 Å². The molecule has 0 N–H and O–H groups in total. The quantitative estimate of drug-likeness (QED) is 0.325. The van der Waals surface area contributed by atoms with Gasteiger partial charge in [0, 0.05) is 13.8 Å². The molecule has 11 heteroatoms. The van der Waals surface area contributed by atoms with Gasteiger partial charge in [-0.1, -0.05) is 29.5 Å². The zero-order chi connectivity index (χ0) is 28.3. The van der Waals surface area contributed by atoms with E-state index in [0.717, 1.165) is 11.3 Å². The van der Waals surface area contributed by atoms with Gasteiger partial charge in [0.25, 0.3) is 5.56 Å². The van der Waals surface area contributed by atoms with Crippen LogP contribution >= 0.6 is 11.3 Å². The number of hydrogen-bond acceptors (Lipinski definition) is 10. The molecule has 0 spiro atoms. The van der Waals surface area contributed by atoms with Gasteiger partial charge in [0.2, 0.25) is 0 Å². The molecular formula is C28H26N2O8S. The molecule has 1 atom stereocenters. The minimum Gasteiger partial charge on any atom is -0.493 e. The van der Waals surface area contributed by atoms with E-state index in [0.29, 0.717) is 31.9 Å². The van der Waals surface area contributed by atoms with Crippen molar-refractivity contribution in [2.24, 2.45) is 4.99 Å². The summed E-state index contributed by atoms with van der Waals surface area (Å²) >= 11 is 1.16. The normalized spacial score (nSPS) is 14.8. The van der Waals surface area contributed by atoms with Crippen LogP contribution in [0.25, 0.3) is 6.08 Å². The van der Waals surface area contributed by atoms with Crippen LogP contribution in [0.4, 0.5) is 0 Å². The van der Waals surface area contributed by atoms with Crippen LogP contribution in [0.1, 0.15) is 44.9 Å². The van der Waals surface area contributed by atoms with Crippen LogP contribution < -0.4 is 29.1 Å². The van der Waals surface area contributed by atoms with Crippen LogP contribution in [-0.2, 0) is 19.1 Å². The molecule has 0 amide bonds. The molecule has 10 nitrogen and oxygen atoms in total. The average Bonchev–Trinajstić information content (AvgIpc) is 3.17. The first-order valence-electron chi connectivity index (χ1n) is 12.0. The highest BCUT2D eigenvalue weighted by atomic mass is 32.1. The van der Waals surface area contributed by atoms with Gasteiger partial charge < -0.3 is 18.9 Å². The standard InChI is InChI=1S/C28H26N2O8S/c1-6-36-27(34)24-15(2)29-28-30(25(24)19-10-11-21(38-17(4)32)22(14-19)35-5)26(33)23(39-28)13-18-8-7-9-20(12-18)37-16(3)31/h7-14,25H,6H2,1-5H3/b23-13-. The van der Waals surface area contributed by atoms with E-state index < -0.39 is 23.9 Å². The number of thiazole rings is 1. The fourth-order valence-corrected chi connectivity index (χ4v) is 5.23. The Morgan fingerprint density at radius 3 is 2.46 bits per heavy atom. The van der Waals surface area contributed by atoms with Crippen LogP contribution in [0.3, 0.4) is 0 Å². The molecule has 1 unspecified atom stereocenters. The van der Waals surface area contributed by atoms with E-state index in [1.807, 2.05) is 0 Å². The summed E-state index contributed by atoms with van der Waals surface area (Å²) in [6.45, 7) is 6.10. The van der Waals surface area contributed by atoms with Gasteiger partial charge in [-0.25, -0.2) is 9.79 Å². The first-order chi connectivity index (χ1) is 18.6. The van der Waals surface area contributed by atoms with Gasteiger partial charge in [-0.05, 0) is 55.3 Å². The van der Waals surface area contributed by atoms with Crippen LogP contribution in [0, 0.1) is 0 Å². The molecule has 0 aliphatic carbocycles. The lowest BCUT2D eigenvalue weighted by Gasteiger charge is -2.25. The molecule has 3 aromatic rings. The molecule has 0 saturated carbocycles. The number of ether oxygens (including phenoxy) is 4. The Balaban J connectivity index is 1.92. The Bertz CT molecular complexity index is 1680. The molecule has 39 heavy (non-hydrogen) atoms. The molecule has 202 valence electrons. The topological polar surface area (TPSA) is 122 Å². The Labute approximate surface area is 227 Å².